The molecule has 0 aliphatic carbocycles. The molecule has 0 saturated heterocycles. The first-order chi connectivity index (χ1) is 30.0. The molecule has 0 aromatic rings. The van der Waals surface area contributed by atoms with E-state index < -0.39 is 26.6 Å². The van der Waals surface area contributed by atoms with Crippen molar-refractivity contribution in [1.82, 2.24) is 5.32 Å². The van der Waals surface area contributed by atoms with Crippen LogP contribution in [-0.4, -0.2) is 68.5 Å². The van der Waals surface area contributed by atoms with E-state index >= 15 is 0 Å². The molecule has 62 heavy (non-hydrogen) atoms. The summed E-state index contributed by atoms with van der Waals surface area (Å²) in [6, 6.07) is -0.920. The SMILES string of the molecule is CCCCC/C=C\C/C=C\C/C=C\CCCCCCCCC(=O)NC(COP(=O)([O-])OCC[N+](C)(C)C)C(O)/C=C/CC/C=C/CC/C=C/CCCCCCCCCCCCC. The van der Waals surface area contributed by atoms with Gasteiger partial charge in [0.05, 0.1) is 39.9 Å². The minimum absolute atomic E-state index is 0.0150. The van der Waals surface area contributed by atoms with Gasteiger partial charge in [-0.15, -0.1) is 0 Å². The summed E-state index contributed by atoms with van der Waals surface area (Å²) in [7, 11) is 1.22. The molecule has 0 fully saturated rings. The fourth-order valence-corrected chi connectivity index (χ4v) is 7.56. The topological polar surface area (TPSA) is 108 Å². The number of unbranched alkanes of at least 4 members (excludes halogenated alkanes) is 22. The summed E-state index contributed by atoms with van der Waals surface area (Å²) in [6.07, 6.45) is 59.6. The Morgan fingerprint density at radius 2 is 0.952 bits per heavy atom. The van der Waals surface area contributed by atoms with Crippen molar-refractivity contribution < 1.29 is 32.9 Å². The molecule has 0 heterocycles. The maximum absolute atomic E-state index is 12.9. The Morgan fingerprint density at radius 3 is 1.45 bits per heavy atom. The van der Waals surface area contributed by atoms with E-state index in [1.54, 1.807) is 6.08 Å². The van der Waals surface area contributed by atoms with Crippen molar-refractivity contribution in [2.24, 2.45) is 0 Å². The third-order valence-electron chi connectivity index (χ3n) is 10.9. The van der Waals surface area contributed by atoms with Gasteiger partial charge in [-0.3, -0.25) is 9.36 Å². The van der Waals surface area contributed by atoms with E-state index in [0.717, 1.165) is 70.6 Å². The highest BCUT2D eigenvalue weighted by molar-refractivity contribution is 7.45. The standard InChI is InChI=1S/C53H97N2O6P/c1-6-8-10-12-14-16-18-20-22-24-26-27-29-30-32-34-36-38-40-42-44-46-52(56)51(50-61-62(58,59)60-49-48-55(3,4)5)54-53(57)47-45-43-41-39-37-35-33-31-28-25-23-21-19-17-15-13-11-9-7-2/h15,17,21,23,28-31,36,38,44,46,51-52,56H,6-14,16,18-20,22,24-27,32-35,37,39-43,45,47-50H2,1-5H3,(H-,54,57,58,59)/b17-15-,23-21-,30-29+,31-28-,38-36+,46-44+. The number of nitrogens with one attached hydrogen (secondary N) is 1. The van der Waals surface area contributed by atoms with E-state index in [2.05, 4.69) is 79.9 Å². The quantitative estimate of drug-likeness (QED) is 0.0273. The molecule has 0 bridgehead atoms. The Bertz CT molecular complexity index is 1240. The van der Waals surface area contributed by atoms with Crippen molar-refractivity contribution in [2.45, 2.75) is 219 Å². The van der Waals surface area contributed by atoms with Gasteiger partial charge in [0.2, 0.25) is 5.91 Å². The molecular formula is C53H97N2O6P. The Morgan fingerprint density at radius 1 is 0.565 bits per heavy atom. The van der Waals surface area contributed by atoms with Crippen molar-refractivity contribution in [3.63, 3.8) is 0 Å². The van der Waals surface area contributed by atoms with Crippen LogP contribution in [0.2, 0.25) is 0 Å². The minimum Gasteiger partial charge on any atom is -0.756 e. The summed E-state index contributed by atoms with van der Waals surface area (Å²) in [5, 5.41) is 13.8. The van der Waals surface area contributed by atoms with E-state index in [-0.39, 0.29) is 12.5 Å². The largest absolute Gasteiger partial charge is 0.756 e. The second-order valence-corrected chi connectivity index (χ2v) is 19.6. The predicted molar refractivity (Wildman–Crippen MR) is 265 cm³/mol. The Labute approximate surface area is 383 Å². The van der Waals surface area contributed by atoms with Crippen molar-refractivity contribution in [3.8, 4) is 0 Å². The van der Waals surface area contributed by atoms with E-state index in [1.165, 1.54) is 116 Å². The van der Waals surface area contributed by atoms with Gasteiger partial charge in [-0.2, -0.15) is 0 Å². The summed E-state index contributed by atoms with van der Waals surface area (Å²) >= 11 is 0. The first-order valence-electron chi connectivity index (χ1n) is 25.3. The van der Waals surface area contributed by atoms with Gasteiger partial charge < -0.3 is 28.8 Å². The fraction of sp³-hybridized carbons (Fsp3) is 0.755. The summed E-state index contributed by atoms with van der Waals surface area (Å²) < 4.78 is 23.2. The number of quaternary nitrogens is 1. The molecule has 0 saturated carbocycles. The lowest BCUT2D eigenvalue weighted by molar-refractivity contribution is -0.870. The zero-order valence-corrected chi connectivity index (χ0v) is 41.7. The molecule has 1 amide bonds. The number of rotatable bonds is 45. The molecular weight excluding hydrogens is 792 g/mol. The second kappa shape index (κ2) is 44.2. The Kier molecular flexibility index (Phi) is 42.7. The van der Waals surface area contributed by atoms with Gasteiger partial charge in [0, 0.05) is 6.42 Å². The Hall–Kier alpha value is -2.06. The van der Waals surface area contributed by atoms with Crippen LogP contribution in [0.3, 0.4) is 0 Å². The minimum atomic E-state index is -4.61. The molecule has 2 N–H and O–H groups in total. The molecule has 0 spiro atoms. The number of carbonyl (C=O) groups excluding carboxylic acids is 1. The van der Waals surface area contributed by atoms with Gasteiger partial charge in [-0.05, 0) is 83.5 Å². The van der Waals surface area contributed by atoms with E-state index in [0.29, 0.717) is 17.4 Å². The molecule has 0 aromatic heterocycles. The van der Waals surface area contributed by atoms with Gasteiger partial charge in [-0.1, -0.05) is 189 Å². The number of nitrogens with zero attached hydrogens (tertiary/aromatic N) is 1. The third kappa shape index (κ3) is 45.9. The van der Waals surface area contributed by atoms with Crippen LogP contribution in [0.1, 0.15) is 206 Å². The number of aliphatic hydroxyl groups excluding tert-OH is 1. The highest BCUT2D eigenvalue weighted by atomic mass is 31.2. The van der Waals surface area contributed by atoms with Crippen molar-refractivity contribution in [1.29, 1.82) is 0 Å². The van der Waals surface area contributed by atoms with Gasteiger partial charge in [0.15, 0.2) is 0 Å². The maximum Gasteiger partial charge on any atom is 0.268 e. The van der Waals surface area contributed by atoms with E-state index in [4.69, 9.17) is 9.05 Å². The van der Waals surface area contributed by atoms with Gasteiger partial charge in [0.25, 0.3) is 7.82 Å². The van der Waals surface area contributed by atoms with Crippen molar-refractivity contribution >= 4 is 13.7 Å². The summed E-state index contributed by atoms with van der Waals surface area (Å²) in [5.41, 5.74) is 0. The van der Waals surface area contributed by atoms with Crippen molar-refractivity contribution in [2.75, 3.05) is 40.9 Å². The molecule has 0 aromatic carbocycles. The lowest BCUT2D eigenvalue weighted by Crippen LogP contribution is -2.45. The number of hydrogen-bond acceptors (Lipinski definition) is 6. The lowest BCUT2D eigenvalue weighted by atomic mass is 10.1. The molecule has 3 unspecified atom stereocenters. The molecule has 0 aliphatic heterocycles. The number of phosphoric acid groups is 1. The number of phosphoric ester groups is 1. The normalized spacial score (nSPS) is 14.8. The molecule has 0 radical (unpaired) electrons. The van der Waals surface area contributed by atoms with Gasteiger partial charge in [0.1, 0.15) is 13.2 Å². The highest BCUT2D eigenvalue weighted by Gasteiger charge is 2.23. The molecule has 0 aliphatic rings. The Balaban J connectivity index is 4.45. The zero-order valence-electron chi connectivity index (χ0n) is 40.8. The average Bonchev–Trinajstić information content (AvgIpc) is 3.23. The average molecular weight is 889 g/mol. The third-order valence-corrected chi connectivity index (χ3v) is 11.8. The maximum atomic E-state index is 12.9. The summed E-state index contributed by atoms with van der Waals surface area (Å²) in [4.78, 5) is 25.4. The lowest BCUT2D eigenvalue weighted by Gasteiger charge is -2.29. The van der Waals surface area contributed by atoms with Crippen LogP contribution in [0.15, 0.2) is 72.9 Å². The number of allylic oxidation sites excluding steroid dienone is 11. The number of amides is 1. The monoisotopic (exact) mass is 889 g/mol. The second-order valence-electron chi connectivity index (χ2n) is 18.1. The van der Waals surface area contributed by atoms with Crippen LogP contribution in [0.4, 0.5) is 0 Å². The van der Waals surface area contributed by atoms with Gasteiger partial charge in [-0.25, -0.2) is 0 Å². The number of aliphatic hydroxyl groups is 1. The van der Waals surface area contributed by atoms with Crippen LogP contribution in [0.5, 0.6) is 0 Å². The van der Waals surface area contributed by atoms with Crippen LogP contribution in [0, 0.1) is 0 Å². The first-order valence-corrected chi connectivity index (χ1v) is 26.8. The van der Waals surface area contributed by atoms with Crippen LogP contribution < -0.4 is 10.2 Å². The molecule has 360 valence electrons. The predicted octanol–water partition coefficient (Wildman–Crippen LogP) is 14.1. The summed E-state index contributed by atoms with van der Waals surface area (Å²) in [6.45, 7) is 4.57. The van der Waals surface area contributed by atoms with Crippen LogP contribution >= 0.6 is 7.82 Å². The molecule has 9 heteroatoms. The number of hydrogen-bond donors (Lipinski definition) is 2. The fourth-order valence-electron chi connectivity index (χ4n) is 6.84. The highest BCUT2D eigenvalue weighted by Crippen LogP contribution is 2.38. The zero-order chi connectivity index (χ0) is 45.7. The van der Waals surface area contributed by atoms with Crippen LogP contribution in [-0.2, 0) is 18.4 Å². The molecule has 8 nitrogen and oxygen atoms in total. The molecule has 0 rings (SSSR count). The number of likely N-dealkylation sites (N-methyl/N-ethyl adjacent to an activating group) is 1. The smallest absolute Gasteiger partial charge is 0.268 e. The van der Waals surface area contributed by atoms with Gasteiger partial charge >= 0.3 is 0 Å². The first kappa shape index (κ1) is 59.9. The van der Waals surface area contributed by atoms with Crippen LogP contribution in [0.25, 0.3) is 0 Å². The van der Waals surface area contributed by atoms with Crippen molar-refractivity contribution in [3.05, 3.63) is 72.9 Å². The van der Waals surface area contributed by atoms with E-state index in [9.17, 15) is 19.4 Å². The van der Waals surface area contributed by atoms with E-state index in [1.807, 2.05) is 27.2 Å². The summed E-state index contributed by atoms with van der Waals surface area (Å²) in [5.74, 6) is -0.226. The molecule has 3 atom stereocenters. The number of carbonyl (C=O) groups is 1.